The fourth-order valence-electron chi connectivity index (χ4n) is 2.22. The molecule has 146 valence electrons. The number of carbonyl (C=O) groups is 1. The van der Waals surface area contributed by atoms with Gasteiger partial charge in [-0.25, -0.2) is 21.5 Å². The van der Waals surface area contributed by atoms with E-state index >= 15 is 0 Å². The van der Waals surface area contributed by atoms with Gasteiger partial charge in [0.1, 0.15) is 0 Å². The predicted octanol–water partition coefficient (Wildman–Crippen LogP) is 3.56. The van der Waals surface area contributed by atoms with Gasteiger partial charge in [-0.3, -0.25) is 4.79 Å². The number of amides is 1. The third-order valence-corrected chi connectivity index (χ3v) is 6.74. The van der Waals surface area contributed by atoms with E-state index in [9.17, 15) is 22.0 Å². The van der Waals surface area contributed by atoms with Gasteiger partial charge in [0.2, 0.25) is 15.9 Å². The van der Waals surface area contributed by atoms with Crippen molar-refractivity contribution >= 4 is 33.4 Å². The summed E-state index contributed by atoms with van der Waals surface area (Å²) in [4.78, 5) is 12.7. The monoisotopic (exact) mass is 414 g/mol. The molecule has 0 aliphatic carbocycles. The van der Waals surface area contributed by atoms with Gasteiger partial charge in [0.25, 0.3) is 0 Å². The predicted molar refractivity (Wildman–Crippen MR) is 103 cm³/mol. The summed E-state index contributed by atoms with van der Waals surface area (Å²) in [7, 11) is -0.775. The molecule has 0 fully saturated rings. The maximum Gasteiger partial charge on any atom is 0.242 e. The zero-order valence-corrected chi connectivity index (χ0v) is 17.0. The minimum atomic E-state index is -3.64. The highest BCUT2D eigenvalue weighted by Crippen LogP contribution is 2.26. The summed E-state index contributed by atoms with van der Waals surface area (Å²) < 4.78 is 52.0. The first-order valence-electron chi connectivity index (χ1n) is 7.94. The fourth-order valence-corrected chi connectivity index (χ4v) is 3.95. The number of aryl methyl sites for hydroxylation is 1. The Morgan fingerprint density at radius 3 is 2.37 bits per heavy atom. The Morgan fingerprint density at radius 1 is 1.11 bits per heavy atom. The summed E-state index contributed by atoms with van der Waals surface area (Å²) in [6.07, 6.45) is 0. The summed E-state index contributed by atoms with van der Waals surface area (Å²) >= 11 is 1.05. The van der Waals surface area contributed by atoms with Crippen molar-refractivity contribution in [2.24, 2.45) is 0 Å². The van der Waals surface area contributed by atoms with Gasteiger partial charge in [-0.2, -0.15) is 0 Å². The number of halogens is 2. The molecule has 0 unspecified atom stereocenters. The van der Waals surface area contributed by atoms with Gasteiger partial charge in [-0.05, 0) is 55.3 Å². The number of thioether (sulfide) groups is 1. The molecule has 0 heterocycles. The summed E-state index contributed by atoms with van der Waals surface area (Å²) in [5.74, 6) is -2.34. The molecule has 5 nitrogen and oxygen atoms in total. The van der Waals surface area contributed by atoms with Gasteiger partial charge in [-0.15, -0.1) is 11.8 Å². The highest BCUT2D eigenvalue weighted by Gasteiger charge is 2.20. The lowest BCUT2D eigenvalue weighted by Gasteiger charge is -2.16. The van der Waals surface area contributed by atoms with Crippen LogP contribution in [0.15, 0.2) is 40.1 Å². The second kappa shape index (κ2) is 8.37. The molecule has 1 N–H and O–H groups in total. The molecule has 0 spiro atoms. The smallest absolute Gasteiger partial charge is 0.242 e. The van der Waals surface area contributed by atoms with E-state index in [-0.39, 0.29) is 16.6 Å². The van der Waals surface area contributed by atoms with Crippen LogP contribution in [0.1, 0.15) is 11.1 Å². The number of sulfonamides is 1. The van der Waals surface area contributed by atoms with Crippen LogP contribution in [0.25, 0.3) is 0 Å². The summed E-state index contributed by atoms with van der Waals surface area (Å²) in [6.45, 7) is 3.54. The van der Waals surface area contributed by atoms with Gasteiger partial charge in [0, 0.05) is 24.7 Å². The highest BCUT2D eigenvalue weighted by atomic mass is 32.2. The van der Waals surface area contributed by atoms with E-state index in [0.29, 0.717) is 10.6 Å². The molecule has 2 rings (SSSR count). The van der Waals surface area contributed by atoms with Crippen molar-refractivity contribution in [2.75, 3.05) is 25.2 Å². The molecule has 0 saturated heterocycles. The van der Waals surface area contributed by atoms with E-state index < -0.39 is 21.7 Å². The van der Waals surface area contributed by atoms with Crippen LogP contribution < -0.4 is 5.32 Å². The lowest BCUT2D eigenvalue weighted by Crippen LogP contribution is -2.23. The van der Waals surface area contributed by atoms with E-state index in [1.54, 1.807) is 19.9 Å². The number of nitrogens with one attached hydrogen (secondary N) is 1. The molecule has 0 radical (unpaired) electrons. The van der Waals surface area contributed by atoms with Crippen LogP contribution >= 0.6 is 11.8 Å². The van der Waals surface area contributed by atoms with Crippen LogP contribution in [0.2, 0.25) is 0 Å². The van der Waals surface area contributed by atoms with Crippen LogP contribution in [-0.4, -0.2) is 38.5 Å². The number of benzene rings is 2. The van der Waals surface area contributed by atoms with Crippen molar-refractivity contribution < 1.29 is 22.0 Å². The molecule has 2 aromatic rings. The Morgan fingerprint density at radius 2 is 1.78 bits per heavy atom. The Hall–Kier alpha value is -1.97. The molecule has 1 amide bonds. The number of hydrogen-bond acceptors (Lipinski definition) is 4. The van der Waals surface area contributed by atoms with Crippen molar-refractivity contribution in [2.45, 2.75) is 23.6 Å². The normalized spacial score (nSPS) is 11.7. The molecule has 0 aliphatic rings. The fraction of sp³-hybridized carbons (Fsp3) is 0.278. The Labute approximate surface area is 161 Å². The van der Waals surface area contributed by atoms with E-state index in [4.69, 9.17) is 0 Å². The third kappa shape index (κ3) is 5.06. The zero-order chi connectivity index (χ0) is 20.4. The SMILES string of the molecule is Cc1cc(S(=O)(=O)N(C)C)cc(NC(=O)CSc2ccc(F)c(F)c2)c1C. The largest absolute Gasteiger partial charge is 0.325 e. The third-order valence-electron chi connectivity index (χ3n) is 3.95. The molecule has 0 aliphatic heterocycles. The van der Waals surface area contributed by atoms with Crippen molar-refractivity contribution in [3.05, 3.63) is 53.1 Å². The summed E-state index contributed by atoms with van der Waals surface area (Å²) in [6, 6.07) is 6.37. The maximum absolute atomic E-state index is 13.2. The second-order valence-corrected chi connectivity index (χ2v) is 9.31. The van der Waals surface area contributed by atoms with E-state index in [1.165, 1.54) is 26.2 Å². The summed E-state index contributed by atoms with van der Waals surface area (Å²) in [5, 5.41) is 2.69. The van der Waals surface area contributed by atoms with Gasteiger partial charge in [0.15, 0.2) is 11.6 Å². The minimum Gasteiger partial charge on any atom is -0.325 e. The second-order valence-electron chi connectivity index (χ2n) is 6.11. The topological polar surface area (TPSA) is 66.5 Å². The molecule has 27 heavy (non-hydrogen) atoms. The van der Waals surface area contributed by atoms with Crippen molar-refractivity contribution in [1.29, 1.82) is 0 Å². The van der Waals surface area contributed by atoms with Crippen molar-refractivity contribution in [3.8, 4) is 0 Å². The highest BCUT2D eigenvalue weighted by molar-refractivity contribution is 8.00. The van der Waals surface area contributed by atoms with Crippen LogP contribution in [0.3, 0.4) is 0 Å². The molecule has 9 heteroatoms. The first-order valence-corrected chi connectivity index (χ1v) is 10.4. The lowest BCUT2D eigenvalue weighted by molar-refractivity contribution is -0.113. The van der Waals surface area contributed by atoms with Crippen molar-refractivity contribution in [3.63, 3.8) is 0 Å². The standard InChI is InChI=1S/C18H20F2N2O3S2/c1-11-7-14(27(24,25)22(3)4)9-17(12(11)2)21-18(23)10-26-13-5-6-15(19)16(20)8-13/h5-9H,10H2,1-4H3,(H,21,23). The number of nitrogens with zero attached hydrogens (tertiary/aromatic N) is 1. The van der Waals surface area contributed by atoms with E-state index in [1.807, 2.05) is 0 Å². The first-order chi connectivity index (χ1) is 12.5. The summed E-state index contributed by atoms with van der Waals surface area (Å²) in [5.41, 5.74) is 1.87. The Kier molecular flexibility index (Phi) is 6.61. The average Bonchev–Trinajstić information content (AvgIpc) is 2.59. The minimum absolute atomic E-state index is 0.0335. The molecule has 0 bridgehead atoms. The van der Waals surface area contributed by atoms with Crippen LogP contribution in [-0.2, 0) is 14.8 Å². The lowest BCUT2D eigenvalue weighted by atomic mass is 10.1. The van der Waals surface area contributed by atoms with E-state index in [0.717, 1.165) is 39.3 Å². The molecule has 0 saturated carbocycles. The van der Waals surface area contributed by atoms with Crippen molar-refractivity contribution in [1.82, 2.24) is 4.31 Å². The van der Waals surface area contributed by atoms with E-state index in [2.05, 4.69) is 5.32 Å². The zero-order valence-electron chi connectivity index (χ0n) is 15.3. The number of hydrogen-bond donors (Lipinski definition) is 1. The number of anilines is 1. The van der Waals surface area contributed by atoms with Gasteiger partial charge < -0.3 is 5.32 Å². The molecule has 0 aromatic heterocycles. The number of rotatable bonds is 6. The average molecular weight is 414 g/mol. The molecular formula is C18H20F2N2O3S2. The first kappa shape index (κ1) is 21.3. The van der Waals surface area contributed by atoms with Gasteiger partial charge in [0.05, 0.1) is 10.6 Å². The van der Waals surface area contributed by atoms with Crippen LogP contribution in [0.4, 0.5) is 14.5 Å². The maximum atomic E-state index is 13.2. The van der Waals surface area contributed by atoms with Gasteiger partial charge >= 0.3 is 0 Å². The quantitative estimate of drug-likeness (QED) is 0.734. The molecule has 0 atom stereocenters. The van der Waals surface area contributed by atoms with Gasteiger partial charge in [-0.1, -0.05) is 0 Å². The van der Waals surface area contributed by atoms with Crippen LogP contribution in [0.5, 0.6) is 0 Å². The molecular weight excluding hydrogens is 394 g/mol. The Balaban J connectivity index is 2.17. The van der Waals surface area contributed by atoms with Crippen LogP contribution in [0, 0.1) is 25.5 Å². The Bertz CT molecular complexity index is 977. The number of carbonyl (C=O) groups excluding carboxylic acids is 1. The molecule has 2 aromatic carbocycles.